The molecule has 1 aromatic carbocycles. The summed E-state index contributed by atoms with van der Waals surface area (Å²) in [5.41, 5.74) is 1.88. The molecule has 0 bridgehead atoms. The Bertz CT molecular complexity index is 1060. The normalized spacial score (nSPS) is 16.0. The van der Waals surface area contributed by atoms with Crippen LogP contribution < -0.4 is 4.90 Å². The number of hydrogen-bond acceptors (Lipinski definition) is 6. The Morgan fingerprint density at radius 1 is 1.18 bits per heavy atom. The predicted molar refractivity (Wildman–Crippen MR) is 104 cm³/mol. The van der Waals surface area contributed by atoms with Crippen molar-refractivity contribution in [2.45, 2.75) is 0 Å². The van der Waals surface area contributed by atoms with Crippen LogP contribution in [0.4, 0.5) is 10.2 Å². The van der Waals surface area contributed by atoms with Gasteiger partial charge in [0.15, 0.2) is 5.82 Å². The number of anilines is 1. The molecule has 4 rings (SSSR count). The molecule has 3 heterocycles. The van der Waals surface area contributed by atoms with Crippen molar-refractivity contribution in [3.05, 3.63) is 42.3 Å². The molecule has 8 nitrogen and oxygen atoms in total. The van der Waals surface area contributed by atoms with E-state index in [1.54, 1.807) is 6.07 Å². The Morgan fingerprint density at radius 2 is 1.93 bits per heavy atom. The molecular formula is C18H20FN5O3S. The zero-order chi connectivity index (χ0) is 19.7. The van der Waals surface area contributed by atoms with Crippen molar-refractivity contribution >= 4 is 26.9 Å². The molecule has 0 unspecified atom stereocenters. The molecule has 0 atom stereocenters. The molecular weight excluding hydrogens is 385 g/mol. The molecule has 2 aromatic heterocycles. The van der Waals surface area contributed by atoms with Gasteiger partial charge in [-0.15, -0.1) is 0 Å². The maximum absolute atomic E-state index is 14.4. The van der Waals surface area contributed by atoms with Crippen LogP contribution in [-0.4, -0.2) is 71.3 Å². The smallest absolute Gasteiger partial charge is 0.216 e. The van der Waals surface area contributed by atoms with Gasteiger partial charge in [0, 0.05) is 26.2 Å². The van der Waals surface area contributed by atoms with Gasteiger partial charge >= 0.3 is 0 Å². The van der Waals surface area contributed by atoms with E-state index in [1.165, 1.54) is 4.31 Å². The van der Waals surface area contributed by atoms with Gasteiger partial charge in [-0.05, 0) is 18.2 Å². The molecule has 0 spiro atoms. The summed E-state index contributed by atoms with van der Waals surface area (Å²) in [6.07, 6.45) is 1.16. The van der Waals surface area contributed by atoms with Gasteiger partial charge in [0.1, 0.15) is 11.6 Å². The first kappa shape index (κ1) is 18.8. The highest BCUT2D eigenvalue weighted by molar-refractivity contribution is 7.89. The second-order valence-corrected chi connectivity index (χ2v) is 8.64. The average molecular weight is 405 g/mol. The number of para-hydroxylation sites is 2. The van der Waals surface area contributed by atoms with Crippen molar-refractivity contribution in [3.63, 3.8) is 0 Å². The summed E-state index contributed by atoms with van der Waals surface area (Å²) in [5, 5.41) is 8.91. The number of hydrogen-bond donors (Lipinski definition) is 2. The molecule has 1 saturated heterocycles. The minimum Gasteiger partial charge on any atom is -0.395 e. The van der Waals surface area contributed by atoms with Crippen LogP contribution in [0.1, 0.15) is 0 Å². The zero-order valence-electron chi connectivity index (χ0n) is 15.0. The number of aliphatic hydroxyl groups excluding tert-OH is 1. The van der Waals surface area contributed by atoms with Gasteiger partial charge in [0.05, 0.1) is 35.2 Å². The van der Waals surface area contributed by atoms with E-state index in [4.69, 9.17) is 5.11 Å². The number of nitrogens with zero attached hydrogens (tertiary/aromatic N) is 4. The molecule has 28 heavy (non-hydrogen) atoms. The van der Waals surface area contributed by atoms with E-state index < -0.39 is 22.4 Å². The molecule has 10 heteroatoms. The third kappa shape index (κ3) is 3.58. The monoisotopic (exact) mass is 405 g/mol. The minimum atomic E-state index is -3.45. The van der Waals surface area contributed by atoms with E-state index in [0.29, 0.717) is 43.4 Å². The molecule has 0 saturated carbocycles. The summed E-state index contributed by atoms with van der Waals surface area (Å²) in [6, 6.07) is 9.10. The number of aromatic nitrogens is 3. The fourth-order valence-electron chi connectivity index (χ4n) is 3.30. The van der Waals surface area contributed by atoms with Crippen molar-refractivity contribution < 1.29 is 17.9 Å². The standard InChI is InChI=1S/C18H20FN5O3S/c19-14-12-20-17(23-5-7-24(8-6-23)28(26,27)10-9-25)11-13(14)18-21-15-3-1-2-4-16(15)22-18/h1-4,11-12,25H,5-10H2,(H,21,22). The van der Waals surface area contributed by atoms with Crippen molar-refractivity contribution in [1.82, 2.24) is 19.3 Å². The van der Waals surface area contributed by atoms with Crippen LogP contribution >= 0.6 is 0 Å². The van der Waals surface area contributed by atoms with E-state index in [9.17, 15) is 12.8 Å². The fraction of sp³-hybridized carbons (Fsp3) is 0.333. The van der Waals surface area contributed by atoms with Crippen LogP contribution in [-0.2, 0) is 10.0 Å². The van der Waals surface area contributed by atoms with E-state index in [0.717, 1.165) is 17.2 Å². The Hall–Kier alpha value is -2.56. The Morgan fingerprint density at radius 3 is 2.64 bits per heavy atom. The number of H-pyrrole nitrogens is 1. The number of nitrogens with one attached hydrogen (secondary N) is 1. The lowest BCUT2D eigenvalue weighted by molar-refractivity contribution is 0.312. The van der Waals surface area contributed by atoms with Gasteiger partial charge < -0.3 is 15.0 Å². The van der Waals surface area contributed by atoms with Gasteiger partial charge in [-0.2, -0.15) is 4.31 Å². The lowest BCUT2D eigenvalue weighted by Gasteiger charge is -2.34. The largest absolute Gasteiger partial charge is 0.395 e. The quantitative estimate of drug-likeness (QED) is 0.662. The van der Waals surface area contributed by atoms with Crippen molar-refractivity contribution in [1.29, 1.82) is 0 Å². The number of fused-ring (bicyclic) bond motifs is 1. The molecule has 1 fully saturated rings. The number of aliphatic hydroxyl groups is 1. The van der Waals surface area contributed by atoms with E-state index in [-0.39, 0.29) is 5.75 Å². The predicted octanol–water partition coefficient (Wildman–Crippen LogP) is 1.21. The number of benzene rings is 1. The van der Waals surface area contributed by atoms with Crippen molar-refractivity contribution in [3.8, 4) is 11.4 Å². The number of aromatic amines is 1. The van der Waals surface area contributed by atoms with Gasteiger partial charge in [0.2, 0.25) is 10.0 Å². The molecule has 1 aliphatic rings. The topological polar surface area (TPSA) is 102 Å². The summed E-state index contributed by atoms with van der Waals surface area (Å²) in [6.45, 7) is 1.05. The van der Waals surface area contributed by atoms with Gasteiger partial charge in [-0.25, -0.2) is 22.8 Å². The Kier molecular flexibility index (Phi) is 5.00. The first-order valence-electron chi connectivity index (χ1n) is 8.92. The number of rotatable bonds is 5. The van der Waals surface area contributed by atoms with Crippen molar-refractivity contribution in [2.75, 3.05) is 43.4 Å². The van der Waals surface area contributed by atoms with Gasteiger partial charge in [-0.3, -0.25) is 0 Å². The second kappa shape index (κ2) is 7.46. The third-order valence-electron chi connectivity index (χ3n) is 4.79. The SMILES string of the molecule is O=S(=O)(CCO)N1CCN(c2cc(-c3nc4ccccc4[nH]3)c(F)cn2)CC1. The van der Waals surface area contributed by atoms with Crippen LogP contribution in [0.5, 0.6) is 0 Å². The molecule has 148 valence electrons. The highest BCUT2D eigenvalue weighted by Crippen LogP contribution is 2.26. The fourth-order valence-corrected chi connectivity index (χ4v) is 4.51. The van der Waals surface area contributed by atoms with Gasteiger partial charge in [0.25, 0.3) is 0 Å². The van der Waals surface area contributed by atoms with Gasteiger partial charge in [-0.1, -0.05) is 12.1 Å². The number of piperazine rings is 1. The zero-order valence-corrected chi connectivity index (χ0v) is 15.9. The Labute approximate surface area is 161 Å². The first-order valence-corrected chi connectivity index (χ1v) is 10.5. The van der Waals surface area contributed by atoms with Crippen LogP contribution in [0.2, 0.25) is 0 Å². The highest BCUT2D eigenvalue weighted by Gasteiger charge is 2.27. The minimum absolute atomic E-state index is 0.280. The Balaban J connectivity index is 1.56. The molecule has 2 N–H and O–H groups in total. The lowest BCUT2D eigenvalue weighted by atomic mass is 10.2. The first-order chi connectivity index (χ1) is 13.5. The van der Waals surface area contributed by atoms with E-state index in [2.05, 4.69) is 15.0 Å². The van der Waals surface area contributed by atoms with Crippen LogP contribution in [0.3, 0.4) is 0 Å². The summed E-state index contributed by atoms with van der Waals surface area (Å²) in [7, 11) is -3.45. The number of pyridine rings is 1. The maximum atomic E-state index is 14.4. The highest BCUT2D eigenvalue weighted by atomic mass is 32.2. The summed E-state index contributed by atoms with van der Waals surface area (Å²) in [5.74, 6) is 0.229. The van der Waals surface area contributed by atoms with Crippen LogP contribution in [0.25, 0.3) is 22.4 Å². The van der Waals surface area contributed by atoms with Crippen LogP contribution in [0.15, 0.2) is 36.5 Å². The van der Waals surface area contributed by atoms with E-state index >= 15 is 0 Å². The summed E-state index contributed by atoms with van der Waals surface area (Å²) < 4.78 is 39.9. The second-order valence-electron chi connectivity index (χ2n) is 6.55. The van der Waals surface area contributed by atoms with Crippen molar-refractivity contribution in [2.24, 2.45) is 0 Å². The van der Waals surface area contributed by atoms with E-state index in [1.807, 2.05) is 29.2 Å². The molecule has 1 aliphatic heterocycles. The van der Waals surface area contributed by atoms with Crippen LogP contribution in [0, 0.1) is 5.82 Å². The summed E-state index contributed by atoms with van der Waals surface area (Å²) >= 11 is 0. The molecule has 0 aliphatic carbocycles. The number of sulfonamides is 1. The maximum Gasteiger partial charge on any atom is 0.216 e. The average Bonchev–Trinajstić information content (AvgIpc) is 3.12. The molecule has 3 aromatic rings. The number of halogens is 1. The lowest BCUT2D eigenvalue weighted by Crippen LogP contribution is -2.49. The molecule has 0 amide bonds. The number of imidazole rings is 1. The summed E-state index contributed by atoms with van der Waals surface area (Å²) in [4.78, 5) is 13.6. The molecule has 0 radical (unpaired) electrons. The third-order valence-corrected chi connectivity index (χ3v) is 6.64.